The highest BCUT2D eigenvalue weighted by Crippen LogP contribution is 2.57. The lowest BCUT2D eigenvalue weighted by Crippen LogP contribution is -2.99. The molecule has 2 aromatic rings. The first-order valence-corrected chi connectivity index (χ1v) is 10.1. The van der Waals surface area contributed by atoms with Crippen LogP contribution in [0.2, 0.25) is 0 Å². The molecule has 4 rings (SSSR count). The van der Waals surface area contributed by atoms with Gasteiger partial charge >= 0.3 is 5.97 Å². The molecule has 4 unspecified atom stereocenters. The Kier molecular flexibility index (Phi) is 4.89. The number of hydrogen-bond donors (Lipinski definition) is 3. The topological polar surface area (TPSA) is 94.3 Å². The fraction of sp³-hybridized carbons (Fsp3) is 0.435. The quantitative estimate of drug-likeness (QED) is 0.419. The molecule has 1 saturated carbocycles. The van der Waals surface area contributed by atoms with Gasteiger partial charge in [-0.3, -0.25) is 4.79 Å². The molecule has 2 aromatic carbocycles. The van der Waals surface area contributed by atoms with E-state index < -0.39 is 10.6 Å². The average molecular weight is 397 g/mol. The summed E-state index contributed by atoms with van der Waals surface area (Å²) in [7, 11) is 0. The minimum Gasteiger partial charge on any atom is -0.595 e. The number of nitrogens with one attached hydrogen (secondary N) is 1. The molecule has 3 N–H and O–H groups in total. The highest BCUT2D eigenvalue weighted by Gasteiger charge is 2.55. The SMILES string of the molecule is CC1(C(=O)Oc2ccc([NH+]([O-])O)cc2)CCCC2(C)c3ccc(O)cc3CCC12. The molecule has 6 nitrogen and oxygen atoms in total. The molecular formula is C23H27NO5. The normalized spacial score (nSPS) is 29.4. The second kappa shape index (κ2) is 7.13. The molecule has 0 saturated heterocycles. The number of esters is 1. The standard InChI is InChI=1S/C23H27NO5/c1-22-12-3-13-23(2,20(22)11-4-15-14-17(25)7-10-19(15)22)21(26)29-18-8-5-16(6-9-18)24(27)28/h5-10,14,20,24-25,27H,3-4,11-13H2,1-2H3. The van der Waals surface area contributed by atoms with Crippen LogP contribution in [0.25, 0.3) is 0 Å². The van der Waals surface area contributed by atoms with Crippen molar-refractivity contribution >= 4 is 11.7 Å². The lowest BCUT2D eigenvalue weighted by atomic mass is 9.50. The van der Waals surface area contributed by atoms with Crippen LogP contribution in [0, 0.1) is 16.5 Å². The summed E-state index contributed by atoms with van der Waals surface area (Å²) in [6.45, 7) is 4.24. The van der Waals surface area contributed by atoms with Gasteiger partial charge in [-0.25, -0.2) is 5.21 Å². The fourth-order valence-corrected chi connectivity index (χ4v) is 5.61. The number of carbonyl (C=O) groups is 1. The molecule has 6 heteroatoms. The van der Waals surface area contributed by atoms with Crippen molar-refractivity contribution < 1.29 is 25.1 Å². The molecule has 0 spiro atoms. The van der Waals surface area contributed by atoms with Crippen LogP contribution in [0.15, 0.2) is 42.5 Å². The number of phenols is 1. The van der Waals surface area contributed by atoms with E-state index in [4.69, 9.17) is 9.94 Å². The maximum atomic E-state index is 13.3. The third kappa shape index (κ3) is 3.31. The minimum absolute atomic E-state index is 0.138. The van der Waals surface area contributed by atoms with Crippen LogP contribution in [0.1, 0.15) is 50.7 Å². The van der Waals surface area contributed by atoms with Gasteiger partial charge in [0.2, 0.25) is 0 Å². The van der Waals surface area contributed by atoms with E-state index in [1.54, 1.807) is 6.07 Å². The van der Waals surface area contributed by atoms with Gasteiger partial charge in [-0.2, -0.15) is 5.23 Å². The van der Waals surface area contributed by atoms with Gasteiger partial charge in [-0.1, -0.05) is 19.4 Å². The molecule has 4 atom stereocenters. The molecule has 2 aliphatic rings. The van der Waals surface area contributed by atoms with Crippen LogP contribution < -0.4 is 9.96 Å². The zero-order valence-corrected chi connectivity index (χ0v) is 16.8. The van der Waals surface area contributed by atoms with Gasteiger partial charge < -0.3 is 15.1 Å². The Morgan fingerprint density at radius 1 is 1.17 bits per heavy atom. The number of carbonyl (C=O) groups excluding carboxylic acids is 1. The number of aromatic hydroxyl groups is 1. The Hall–Kier alpha value is -2.41. The first-order valence-electron chi connectivity index (χ1n) is 10.1. The minimum atomic E-state index is -1.01. The monoisotopic (exact) mass is 397 g/mol. The lowest BCUT2D eigenvalue weighted by Gasteiger charge is -2.54. The highest BCUT2D eigenvalue weighted by molar-refractivity contribution is 5.80. The second-order valence-corrected chi connectivity index (χ2v) is 8.84. The van der Waals surface area contributed by atoms with E-state index in [0.717, 1.165) is 32.1 Å². The molecule has 0 aliphatic heterocycles. The van der Waals surface area contributed by atoms with Crippen molar-refractivity contribution in [2.75, 3.05) is 0 Å². The van der Waals surface area contributed by atoms with E-state index in [1.165, 1.54) is 35.4 Å². The maximum Gasteiger partial charge on any atom is 0.317 e. The van der Waals surface area contributed by atoms with Crippen molar-refractivity contribution in [3.8, 4) is 11.5 Å². The third-order valence-corrected chi connectivity index (χ3v) is 7.12. The van der Waals surface area contributed by atoms with Crippen molar-refractivity contribution in [2.24, 2.45) is 11.3 Å². The van der Waals surface area contributed by atoms with Gasteiger partial charge in [0.1, 0.15) is 11.5 Å². The van der Waals surface area contributed by atoms with Gasteiger partial charge in [0.05, 0.1) is 5.41 Å². The van der Waals surface area contributed by atoms with Gasteiger partial charge in [-0.05, 0) is 79.3 Å². The number of aryl methyl sites for hydroxylation is 1. The molecule has 0 heterocycles. The second-order valence-electron chi connectivity index (χ2n) is 8.84. The number of fused-ring (bicyclic) bond motifs is 3. The van der Waals surface area contributed by atoms with Crippen molar-refractivity contribution in [3.05, 3.63) is 58.8 Å². The summed E-state index contributed by atoms with van der Waals surface area (Å²) in [5, 5.41) is 28.9. The lowest BCUT2D eigenvalue weighted by molar-refractivity contribution is -0.991. The van der Waals surface area contributed by atoms with Gasteiger partial charge in [0.15, 0.2) is 5.69 Å². The summed E-state index contributed by atoms with van der Waals surface area (Å²) in [5.74, 6) is 0.550. The number of benzene rings is 2. The Bertz CT molecular complexity index is 925. The van der Waals surface area contributed by atoms with Crippen LogP contribution in [0.5, 0.6) is 11.5 Å². The summed E-state index contributed by atoms with van der Waals surface area (Å²) in [6.07, 6.45) is 4.41. The predicted octanol–water partition coefficient (Wildman–Crippen LogP) is 3.41. The van der Waals surface area contributed by atoms with Gasteiger partial charge in [0, 0.05) is 12.1 Å². The molecule has 29 heavy (non-hydrogen) atoms. The van der Waals surface area contributed by atoms with Crippen LogP contribution in [0.4, 0.5) is 5.69 Å². The first-order chi connectivity index (χ1) is 13.7. The zero-order valence-electron chi connectivity index (χ0n) is 16.8. The number of phenolic OH excluding ortho intramolecular Hbond substituents is 1. The molecule has 0 amide bonds. The van der Waals surface area contributed by atoms with Crippen molar-refractivity contribution in [2.45, 2.75) is 51.4 Å². The van der Waals surface area contributed by atoms with Crippen LogP contribution in [0.3, 0.4) is 0 Å². The molecule has 1 fully saturated rings. The highest BCUT2D eigenvalue weighted by atomic mass is 16.8. The summed E-state index contributed by atoms with van der Waals surface area (Å²) in [4.78, 5) is 13.3. The number of hydrogen-bond acceptors (Lipinski definition) is 5. The number of rotatable bonds is 3. The molecule has 0 bridgehead atoms. The molecular weight excluding hydrogens is 370 g/mol. The molecule has 2 aliphatic carbocycles. The van der Waals surface area contributed by atoms with Gasteiger partial charge in [-0.15, -0.1) is 0 Å². The Labute approximate surface area is 170 Å². The predicted molar refractivity (Wildman–Crippen MR) is 107 cm³/mol. The fourth-order valence-electron chi connectivity index (χ4n) is 5.61. The summed E-state index contributed by atoms with van der Waals surface area (Å²) < 4.78 is 5.72. The van der Waals surface area contributed by atoms with Crippen LogP contribution in [-0.4, -0.2) is 16.3 Å². The van der Waals surface area contributed by atoms with E-state index in [2.05, 4.69) is 6.92 Å². The molecule has 154 valence electrons. The van der Waals surface area contributed by atoms with Gasteiger partial charge in [0.25, 0.3) is 0 Å². The largest absolute Gasteiger partial charge is 0.595 e. The smallest absolute Gasteiger partial charge is 0.317 e. The van der Waals surface area contributed by atoms with E-state index in [-0.39, 0.29) is 28.7 Å². The van der Waals surface area contributed by atoms with Crippen LogP contribution >= 0.6 is 0 Å². The number of quaternary nitrogens is 1. The summed E-state index contributed by atoms with van der Waals surface area (Å²) >= 11 is 0. The zero-order chi connectivity index (χ0) is 20.8. The Morgan fingerprint density at radius 2 is 1.90 bits per heavy atom. The number of ether oxygens (including phenoxy) is 1. The summed E-state index contributed by atoms with van der Waals surface area (Å²) in [5.41, 5.74) is 1.81. The van der Waals surface area contributed by atoms with Crippen molar-refractivity contribution in [3.63, 3.8) is 0 Å². The van der Waals surface area contributed by atoms with E-state index in [9.17, 15) is 15.1 Å². The third-order valence-electron chi connectivity index (χ3n) is 7.12. The Morgan fingerprint density at radius 3 is 2.59 bits per heavy atom. The van der Waals surface area contributed by atoms with E-state index >= 15 is 0 Å². The van der Waals surface area contributed by atoms with Crippen LogP contribution in [-0.2, 0) is 16.6 Å². The summed E-state index contributed by atoms with van der Waals surface area (Å²) in [6, 6.07) is 11.6. The maximum absolute atomic E-state index is 13.3. The average Bonchev–Trinajstić information content (AvgIpc) is 2.68. The first kappa shape index (κ1) is 19.9. The molecule has 0 aromatic heterocycles. The van der Waals surface area contributed by atoms with E-state index in [0.29, 0.717) is 5.75 Å². The molecule has 0 radical (unpaired) electrons. The Balaban J connectivity index is 1.61. The van der Waals surface area contributed by atoms with E-state index in [1.807, 2.05) is 19.1 Å². The van der Waals surface area contributed by atoms with Crippen molar-refractivity contribution in [1.29, 1.82) is 0 Å². The van der Waals surface area contributed by atoms with Crippen molar-refractivity contribution in [1.82, 2.24) is 0 Å².